The van der Waals surface area contributed by atoms with Crippen molar-refractivity contribution >= 4 is 17.5 Å². The van der Waals surface area contributed by atoms with Crippen molar-refractivity contribution in [3.05, 3.63) is 72.8 Å². The second-order valence-electron chi connectivity index (χ2n) is 4.19. The Bertz CT molecular complexity index is 543. The molecule has 0 bridgehead atoms. The number of hydrogen-bond donors (Lipinski definition) is 0. The van der Waals surface area contributed by atoms with Crippen LogP contribution in [0.15, 0.2) is 77.0 Å². The van der Waals surface area contributed by atoms with Crippen LogP contribution in [0.25, 0.3) is 0 Å². The van der Waals surface area contributed by atoms with Crippen molar-refractivity contribution in [3.8, 4) is 0 Å². The van der Waals surface area contributed by atoms with Crippen LogP contribution in [0.4, 0.5) is 0 Å². The lowest BCUT2D eigenvalue weighted by atomic mass is 10.1. The van der Waals surface area contributed by atoms with Crippen LogP contribution >= 0.6 is 11.8 Å². The molecule has 2 aromatic rings. The van der Waals surface area contributed by atoms with Crippen molar-refractivity contribution in [1.29, 1.82) is 0 Å². The Kier molecular flexibility index (Phi) is 4.99. The molecule has 96 valence electrons. The number of hydrogen-bond acceptors (Lipinski definition) is 2. The van der Waals surface area contributed by atoms with Crippen molar-refractivity contribution in [2.45, 2.75) is 22.6 Å². The Morgan fingerprint density at radius 2 is 1.63 bits per heavy atom. The number of benzene rings is 2. The molecule has 0 radical (unpaired) electrons. The standard InChI is InChI=1S/C17H16OS/c1-2-3-9-17(18)14-10-12-16(13-11-14)19-15-7-5-4-6-8-15/h2,4-8,10-13H,1,3,9H2. The number of allylic oxidation sites excluding steroid dienone is 1. The summed E-state index contributed by atoms with van der Waals surface area (Å²) in [6, 6.07) is 18.0. The van der Waals surface area contributed by atoms with Crippen molar-refractivity contribution in [2.75, 3.05) is 0 Å². The van der Waals surface area contributed by atoms with E-state index in [9.17, 15) is 4.79 Å². The van der Waals surface area contributed by atoms with Gasteiger partial charge in [-0.05, 0) is 30.7 Å². The monoisotopic (exact) mass is 268 g/mol. The van der Waals surface area contributed by atoms with Gasteiger partial charge in [0.15, 0.2) is 5.78 Å². The third-order valence-electron chi connectivity index (χ3n) is 2.73. The quantitative estimate of drug-likeness (QED) is 0.542. The van der Waals surface area contributed by atoms with E-state index in [0.29, 0.717) is 6.42 Å². The fourth-order valence-corrected chi connectivity index (χ4v) is 2.55. The van der Waals surface area contributed by atoms with Crippen molar-refractivity contribution in [1.82, 2.24) is 0 Å². The maximum atomic E-state index is 11.8. The zero-order valence-electron chi connectivity index (χ0n) is 10.7. The molecule has 1 nitrogen and oxygen atoms in total. The lowest BCUT2D eigenvalue weighted by Crippen LogP contribution is -1.97. The van der Waals surface area contributed by atoms with Crippen LogP contribution in [-0.4, -0.2) is 5.78 Å². The number of carbonyl (C=O) groups is 1. The first-order chi connectivity index (χ1) is 9.29. The summed E-state index contributed by atoms with van der Waals surface area (Å²) < 4.78 is 0. The highest BCUT2D eigenvalue weighted by Gasteiger charge is 2.04. The highest BCUT2D eigenvalue weighted by Crippen LogP contribution is 2.27. The van der Waals surface area contributed by atoms with Gasteiger partial charge >= 0.3 is 0 Å². The average Bonchev–Trinajstić information content (AvgIpc) is 2.46. The van der Waals surface area contributed by atoms with E-state index in [1.807, 2.05) is 42.5 Å². The summed E-state index contributed by atoms with van der Waals surface area (Å²) in [6.07, 6.45) is 3.05. The van der Waals surface area contributed by atoms with Crippen LogP contribution < -0.4 is 0 Å². The van der Waals surface area contributed by atoms with E-state index in [-0.39, 0.29) is 5.78 Å². The molecule has 0 fully saturated rings. The van der Waals surface area contributed by atoms with Gasteiger partial charge in [-0.2, -0.15) is 0 Å². The first-order valence-electron chi connectivity index (χ1n) is 6.26. The summed E-state index contributed by atoms with van der Waals surface area (Å²) in [6.45, 7) is 3.63. The lowest BCUT2D eigenvalue weighted by molar-refractivity contribution is 0.0983. The third-order valence-corrected chi connectivity index (χ3v) is 3.75. The minimum Gasteiger partial charge on any atom is -0.294 e. The van der Waals surface area contributed by atoms with Gasteiger partial charge < -0.3 is 0 Å². The average molecular weight is 268 g/mol. The number of rotatable bonds is 6. The zero-order chi connectivity index (χ0) is 13.5. The smallest absolute Gasteiger partial charge is 0.163 e. The minimum atomic E-state index is 0.177. The first-order valence-corrected chi connectivity index (χ1v) is 7.08. The molecule has 0 unspecified atom stereocenters. The van der Waals surface area contributed by atoms with E-state index in [1.54, 1.807) is 17.8 Å². The maximum absolute atomic E-state index is 11.8. The van der Waals surface area contributed by atoms with E-state index in [0.717, 1.165) is 16.9 Å². The third kappa shape index (κ3) is 4.11. The zero-order valence-corrected chi connectivity index (χ0v) is 11.5. The van der Waals surface area contributed by atoms with Gasteiger partial charge in [-0.25, -0.2) is 0 Å². The predicted octanol–water partition coefficient (Wildman–Crippen LogP) is 4.99. The van der Waals surface area contributed by atoms with E-state index >= 15 is 0 Å². The summed E-state index contributed by atoms with van der Waals surface area (Å²) in [5.74, 6) is 0.177. The van der Waals surface area contributed by atoms with Gasteiger partial charge in [0.1, 0.15) is 0 Å². The molecule has 0 N–H and O–H groups in total. The highest BCUT2D eigenvalue weighted by atomic mass is 32.2. The second-order valence-corrected chi connectivity index (χ2v) is 5.34. The molecule has 19 heavy (non-hydrogen) atoms. The van der Waals surface area contributed by atoms with Gasteiger partial charge in [0.25, 0.3) is 0 Å². The Hall–Kier alpha value is -1.80. The van der Waals surface area contributed by atoms with Gasteiger partial charge in [-0.3, -0.25) is 4.79 Å². The molecule has 0 aromatic heterocycles. The predicted molar refractivity (Wildman–Crippen MR) is 80.8 cm³/mol. The van der Waals surface area contributed by atoms with E-state index < -0.39 is 0 Å². The highest BCUT2D eigenvalue weighted by molar-refractivity contribution is 7.99. The normalized spacial score (nSPS) is 10.1. The summed E-state index contributed by atoms with van der Waals surface area (Å²) in [4.78, 5) is 14.2. The molecule has 0 saturated heterocycles. The largest absolute Gasteiger partial charge is 0.294 e. The summed E-state index contributed by atoms with van der Waals surface area (Å²) in [5.41, 5.74) is 0.777. The van der Waals surface area contributed by atoms with Crippen molar-refractivity contribution < 1.29 is 4.79 Å². The van der Waals surface area contributed by atoms with Crippen LogP contribution in [0.5, 0.6) is 0 Å². The summed E-state index contributed by atoms with van der Waals surface area (Å²) in [7, 11) is 0. The topological polar surface area (TPSA) is 17.1 Å². The number of carbonyl (C=O) groups excluding carboxylic acids is 1. The fraction of sp³-hybridized carbons (Fsp3) is 0.118. The number of Topliss-reactive ketones (excluding diaryl/α,β-unsaturated/α-hetero) is 1. The molecule has 0 aliphatic heterocycles. The molecule has 2 rings (SSSR count). The van der Waals surface area contributed by atoms with Crippen molar-refractivity contribution in [2.24, 2.45) is 0 Å². The van der Waals surface area contributed by atoms with Crippen LogP contribution in [0.1, 0.15) is 23.2 Å². The van der Waals surface area contributed by atoms with Crippen LogP contribution in [0, 0.1) is 0 Å². The van der Waals surface area contributed by atoms with Gasteiger partial charge in [-0.15, -0.1) is 6.58 Å². The molecule has 0 spiro atoms. The van der Waals surface area contributed by atoms with E-state index in [1.165, 1.54) is 4.90 Å². The maximum Gasteiger partial charge on any atom is 0.163 e. The Labute approximate surface area is 118 Å². The fourth-order valence-electron chi connectivity index (χ4n) is 1.71. The summed E-state index contributed by atoms with van der Waals surface area (Å²) in [5, 5.41) is 0. The summed E-state index contributed by atoms with van der Waals surface area (Å²) >= 11 is 1.70. The van der Waals surface area contributed by atoms with Gasteiger partial charge in [0.2, 0.25) is 0 Å². The molecule has 0 aliphatic carbocycles. The van der Waals surface area contributed by atoms with Gasteiger partial charge in [0.05, 0.1) is 0 Å². The lowest BCUT2D eigenvalue weighted by Gasteiger charge is -2.03. The van der Waals surface area contributed by atoms with E-state index in [2.05, 4.69) is 18.7 Å². The van der Waals surface area contributed by atoms with Crippen molar-refractivity contribution in [3.63, 3.8) is 0 Å². The molecule has 2 heteroatoms. The van der Waals surface area contributed by atoms with Gasteiger partial charge in [-0.1, -0.05) is 48.2 Å². The Morgan fingerprint density at radius 3 is 2.26 bits per heavy atom. The SMILES string of the molecule is C=CCCC(=O)c1ccc(Sc2ccccc2)cc1. The molecule has 0 aliphatic rings. The number of ketones is 1. The minimum absolute atomic E-state index is 0.177. The Morgan fingerprint density at radius 1 is 1.00 bits per heavy atom. The molecular formula is C17H16OS. The molecule has 2 aromatic carbocycles. The van der Waals surface area contributed by atoms with Crippen LogP contribution in [0.3, 0.4) is 0 Å². The molecule has 0 amide bonds. The molecule has 0 atom stereocenters. The molecule has 0 saturated carbocycles. The van der Waals surface area contributed by atoms with Crippen LogP contribution in [-0.2, 0) is 0 Å². The molecule has 0 heterocycles. The second kappa shape index (κ2) is 6.95. The van der Waals surface area contributed by atoms with Crippen LogP contribution in [0.2, 0.25) is 0 Å². The first kappa shape index (κ1) is 13.6. The Balaban J connectivity index is 2.02. The molecular weight excluding hydrogens is 252 g/mol. The van der Waals surface area contributed by atoms with Gasteiger partial charge in [0, 0.05) is 21.8 Å². The van der Waals surface area contributed by atoms with E-state index in [4.69, 9.17) is 0 Å².